The van der Waals surface area contributed by atoms with Gasteiger partial charge in [0.15, 0.2) is 0 Å². The summed E-state index contributed by atoms with van der Waals surface area (Å²) in [4.78, 5) is 73.8. The summed E-state index contributed by atoms with van der Waals surface area (Å²) in [6, 6.07) is 4.17. The van der Waals surface area contributed by atoms with Gasteiger partial charge in [0.05, 0.1) is 0 Å². The van der Waals surface area contributed by atoms with E-state index in [0.29, 0.717) is 24.1 Å². The van der Waals surface area contributed by atoms with Gasteiger partial charge in [-0.15, -0.1) is 0 Å². The molecule has 6 amide bonds. The van der Waals surface area contributed by atoms with Crippen LogP contribution in [0.2, 0.25) is 0 Å². The Labute approximate surface area is 241 Å². The molecule has 0 saturated carbocycles. The monoisotopic (exact) mass is 576 g/mol. The van der Waals surface area contributed by atoms with Gasteiger partial charge in [-0.05, 0) is 49.8 Å². The second-order valence-corrected chi connectivity index (χ2v) is 10.1. The maximum atomic E-state index is 13.2. The molecule has 41 heavy (non-hydrogen) atoms. The summed E-state index contributed by atoms with van der Waals surface area (Å²) in [5.41, 5.74) is 6.24. The van der Waals surface area contributed by atoms with Crippen molar-refractivity contribution in [2.24, 2.45) is 11.7 Å². The molecule has 228 valence electrons. The Morgan fingerprint density at radius 1 is 0.976 bits per heavy atom. The topological polar surface area (TPSA) is 189 Å². The summed E-state index contributed by atoms with van der Waals surface area (Å²) in [5, 5.41) is 10.7. The molecule has 0 aliphatic heterocycles. The summed E-state index contributed by atoms with van der Waals surface area (Å²) < 4.78 is 5.25. The van der Waals surface area contributed by atoms with E-state index in [1.165, 1.54) is 11.8 Å². The molecule has 1 aromatic carbocycles. The zero-order valence-corrected chi connectivity index (χ0v) is 24.6. The molecular weight excluding hydrogens is 532 g/mol. The smallest absolute Gasteiger partial charge is 0.409 e. The second kappa shape index (κ2) is 18.2. The van der Waals surface area contributed by atoms with Gasteiger partial charge in [0.1, 0.15) is 24.5 Å². The minimum Gasteiger partial charge on any atom is -0.445 e. The third-order valence-electron chi connectivity index (χ3n) is 6.04. The predicted octanol–water partition coefficient (Wildman–Crippen LogP) is 2.05. The number of nitrogens with zero attached hydrogens (tertiary/aromatic N) is 1. The molecule has 0 fully saturated rings. The van der Waals surface area contributed by atoms with E-state index >= 15 is 0 Å². The number of primary amides is 1. The second-order valence-electron chi connectivity index (χ2n) is 10.1. The summed E-state index contributed by atoms with van der Waals surface area (Å²) in [5.74, 6) is -1.46. The number of urea groups is 1. The van der Waals surface area contributed by atoms with E-state index in [2.05, 4.69) is 21.3 Å². The normalized spacial score (nSPS) is 12.0. The molecule has 0 aliphatic carbocycles. The van der Waals surface area contributed by atoms with Crippen molar-refractivity contribution in [1.82, 2.24) is 20.9 Å². The summed E-state index contributed by atoms with van der Waals surface area (Å²) in [6.45, 7) is 7.39. The zero-order chi connectivity index (χ0) is 30.9. The molecule has 0 radical (unpaired) electrons. The Hall–Kier alpha value is -4.16. The van der Waals surface area contributed by atoms with Crippen molar-refractivity contribution in [2.75, 3.05) is 25.5 Å². The number of rotatable bonds is 17. The highest BCUT2D eigenvalue weighted by molar-refractivity contribution is 5.98. The van der Waals surface area contributed by atoms with Gasteiger partial charge in [0, 0.05) is 38.7 Å². The molecule has 2 atom stereocenters. The number of Topliss-reactive ketones (excluding diaryl/α,β-unsaturated/α-hetero) is 1. The Morgan fingerprint density at radius 3 is 2.20 bits per heavy atom. The fourth-order valence-electron chi connectivity index (χ4n) is 3.64. The van der Waals surface area contributed by atoms with Gasteiger partial charge in [-0.25, -0.2) is 9.59 Å². The van der Waals surface area contributed by atoms with Gasteiger partial charge in [0.25, 0.3) is 0 Å². The largest absolute Gasteiger partial charge is 0.445 e. The van der Waals surface area contributed by atoms with Crippen LogP contribution in [-0.4, -0.2) is 72.7 Å². The number of amides is 6. The van der Waals surface area contributed by atoms with Crippen LogP contribution < -0.4 is 27.0 Å². The van der Waals surface area contributed by atoms with Crippen molar-refractivity contribution in [3.8, 4) is 0 Å². The predicted molar refractivity (Wildman–Crippen MR) is 154 cm³/mol. The van der Waals surface area contributed by atoms with E-state index in [9.17, 15) is 28.8 Å². The highest BCUT2D eigenvalue weighted by Crippen LogP contribution is 2.13. The maximum Gasteiger partial charge on any atom is 0.409 e. The van der Waals surface area contributed by atoms with Crippen LogP contribution >= 0.6 is 0 Å². The molecule has 13 heteroatoms. The lowest BCUT2D eigenvalue weighted by Gasteiger charge is -2.25. The van der Waals surface area contributed by atoms with E-state index in [4.69, 9.17) is 10.5 Å². The van der Waals surface area contributed by atoms with Crippen LogP contribution in [0.1, 0.15) is 65.4 Å². The first kappa shape index (κ1) is 34.9. The number of hydrogen-bond donors (Lipinski definition) is 5. The molecule has 0 aliphatic rings. The van der Waals surface area contributed by atoms with Crippen LogP contribution in [0.15, 0.2) is 24.3 Å². The standard InChI is InChI=1S/C28H44N6O7/c1-6-8-23(36)33-24(18(2)3)26(38)32-22(9-7-15-30-27(29)39)25(37)31-21-12-10-20(11-13-21)17-41-28(40)34(5)16-14-19(4)35/h10-13,18,22,24H,6-9,14-17H2,1-5H3,(H,31,37)(H,32,38)(H,33,36)(H3,29,30,39)/t22-,24-/m0/s1. The van der Waals surface area contributed by atoms with Crippen molar-refractivity contribution in [2.45, 2.75) is 78.5 Å². The third-order valence-corrected chi connectivity index (χ3v) is 6.04. The minimum atomic E-state index is -0.951. The molecule has 1 aromatic rings. The number of ether oxygens (including phenoxy) is 1. The van der Waals surface area contributed by atoms with Crippen LogP contribution in [-0.2, 0) is 30.5 Å². The van der Waals surface area contributed by atoms with Gasteiger partial charge in [-0.1, -0.05) is 32.9 Å². The Morgan fingerprint density at radius 2 is 1.63 bits per heavy atom. The maximum absolute atomic E-state index is 13.2. The van der Waals surface area contributed by atoms with E-state index < -0.39 is 36.0 Å². The number of anilines is 1. The average molecular weight is 577 g/mol. The van der Waals surface area contributed by atoms with Crippen molar-refractivity contribution < 1.29 is 33.5 Å². The summed E-state index contributed by atoms with van der Waals surface area (Å²) in [7, 11) is 1.55. The number of nitrogens with two attached hydrogens (primary N) is 1. The lowest BCUT2D eigenvalue weighted by molar-refractivity contribution is -0.132. The molecular formula is C28H44N6O7. The van der Waals surface area contributed by atoms with E-state index in [0.717, 1.165) is 0 Å². The molecule has 13 nitrogen and oxygen atoms in total. The van der Waals surface area contributed by atoms with Gasteiger partial charge < -0.3 is 36.6 Å². The number of ketones is 1. The number of carbonyl (C=O) groups excluding carboxylic acids is 6. The number of carbonyl (C=O) groups is 6. The van der Waals surface area contributed by atoms with Gasteiger partial charge in [-0.3, -0.25) is 19.2 Å². The lowest BCUT2D eigenvalue weighted by atomic mass is 10.0. The van der Waals surface area contributed by atoms with Crippen molar-refractivity contribution in [3.05, 3.63) is 29.8 Å². The third kappa shape index (κ3) is 14.2. The van der Waals surface area contributed by atoms with E-state index in [-0.39, 0.29) is 56.6 Å². The number of hydrogen-bond acceptors (Lipinski definition) is 7. The highest BCUT2D eigenvalue weighted by Gasteiger charge is 2.28. The Balaban J connectivity index is 2.85. The number of benzene rings is 1. The molecule has 0 aromatic heterocycles. The fourth-order valence-corrected chi connectivity index (χ4v) is 3.64. The first-order valence-corrected chi connectivity index (χ1v) is 13.7. The summed E-state index contributed by atoms with van der Waals surface area (Å²) >= 11 is 0. The lowest BCUT2D eigenvalue weighted by Crippen LogP contribution is -2.54. The van der Waals surface area contributed by atoms with Crippen molar-refractivity contribution in [1.29, 1.82) is 0 Å². The minimum absolute atomic E-state index is 0.00333. The van der Waals surface area contributed by atoms with Gasteiger partial charge in [0.2, 0.25) is 17.7 Å². The highest BCUT2D eigenvalue weighted by atomic mass is 16.6. The van der Waals surface area contributed by atoms with Crippen molar-refractivity contribution >= 4 is 41.3 Å². The average Bonchev–Trinajstić information content (AvgIpc) is 2.91. The van der Waals surface area contributed by atoms with Crippen LogP contribution in [0.25, 0.3) is 0 Å². The summed E-state index contributed by atoms with van der Waals surface area (Å²) in [6.07, 6.45) is 1.17. The van der Waals surface area contributed by atoms with Gasteiger partial charge >= 0.3 is 12.1 Å². The van der Waals surface area contributed by atoms with E-state index in [1.54, 1.807) is 45.2 Å². The fraction of sp³-hybridized carbons (Fsp3) is 0.571. The molecule has 0 bridgehead atoms. The molecule has 0 heterocycles. The van der Waals surface area contributed by atoms with Crippen molar-refractivity contribution in [3.63, 3.8) is 0 Å². The van der Waals surface area contributed by atoms with Gasteiger partial charge in [-0.2, -0.15) is 0 Å². The van der Waals surface area contributed by atoms with Crippen LogP contribution in [0.4, 0.5) is 15.3 Å². The molecule has 1 rings (SSSR count). The number of nitrogens with one attached hydrogen (secondary N) is 4. The molecule has 6 N–H and O–H groups in total. The Kier molecular flexibility index (Phi) is 15.5. The SMILES string of the molecule is CCCC(=O)N[C@H](C(=O)N[C@@H](CCCNC(N)=O)C(=O)Nc1ccc(COC(=O)N(C)CCC(C)=O)cc1)C(C)C. The van der Waals surface area contributed by atoms with Crippen LogP contribution in [0.3, 0.4) is 0 Å². The zero-order valence-electron chi connectivity index (χ0n) is 24.6. The van der Waals surface area contributed by atoms with Crippen LogP contribution in [0.5, 0.6) is 0 Å². The molecule has 0 spiro atoms. The first-order valence-electron chi connectivity index (χ1n) is 13.7. The quantitative estimate of drug-likeness (QED) is 0.175. The van der Waals surface area contributed by atoms with Crippen LogP contribution in [0, 0.1) is 5.92 Å². The van der Waals surface area contributed by atoms with E-state index in [1.807, 2.05) is 6.92 Å². The first-order chi connectivity index (χ1) is 19.3. The molecule has 0 unspecified atom stereocenters. The molecule has 0 saturated heterocycles. The Bertz CT molecular complexity index is 1040.